The smallest absolute Gasteiger partial charge is 0.186 e. The van der Waals surface area contributed by atoms with Gasteiger partial charge in [0.05, 0.1) is 13.2 Å². The van der Waals surface area contributed by atoms with E-state index in [0.29, 0.717) is 13.2 Å². The third kappa shape index (κ3) is 4.06. The molecule has 27 heavy (non-hydrogen) atoms. The number of aliphatic hydroxyl groups excluding tert-OH is 1. The van der Waals surface area contributed by atoms with E-state index in [4.69, 9.17) is 23.7 Å². The van der Waals surface area contributed by atoms with Crippen LogP contribution in [0.2, 0.25) is 0 Å². The summed E-state index contributed by atoms with van der Waals surface area (Å²) in [6, 6.07) is 19.4. The molecule has 0 bridgehead atoms. The van der Waals surface area contributed by atoms with E-state index in [-0.39, 0.29) is 0 Å². The maximum atomic E-state index is 10.9. The van der Waals surface area contributed by atoms with E-state index in [1.165, 1.54) is 7.11 Å². The molecule has 1 N–H and O–H groups in total. The molecule has 6 nitrogen and oxygen atoms in total. The van der Waals surface area contributed by atoms with Gasteiger partial charge in [-0.3, -0.25) is 0 Å². The van der Waals surface area contributed by atoms with Crippen LogP contribution in [0.25, 0.3) is 0 Å². The summed E-state index contributed by atoms with van der Waals surface area (Å²) in [7, 11) is 1.54. The molecule has 2 aliphatic heterocycles. The van der Waals surface area contributed by atoms with Crippen LogP contribution in [-0.4, -0.2) is 49.5 Å². The molecule has 0 radical (unpaired) electrons. The molecule has 6 atom stereocenters. The lowest BCUT2D eigenvalue weighted by Crippen LogP contribution is -2.62. The fraction of sp³-hybridized carbons (Fsp3) is 0.429. The molecule has 2 saturated heterocycles. The van der Waals surface area contributed by atoms with Crippen molar-refractivity contribution in [2.75, 3.05) is 13.7 Å². The lowest BCUT2D eigenvalue weighted by atomic mass is 9.97. The van der Waals surface area contributed by atoms with Crippen molar-refractivity contribution >= 4 is 0 Å². The van der Waals surface area contributed by atoms with Gasteiger partial charge in [0.15, 0.2) is 12.6 Å². The highest BCUT2D eigenvalue weighted by molar-refractivity contribution is 5.17. The summed E-state index contributed by atoms with van der Waals surface area (Å²) in [6.07, 6.45) is -3.76. The Morgan fingerprint density at radius 3 is 2.41 bits per heavy atom. The first-order valence-corrected chi connectivity index (χ1v) is 9.10. The Bertz CT molecular complexity index is 703. The van der Waals surface area contributed by atoms with E-state index in [1.54, 1.807) is 0 Å². The number of benzene rings is 2. The van der Waals surface area contributed by atoms with Gasteiger partial charge >= 0.3 is 0 Å². The molecule has 0 aromatic heterocycles. The molecule has 2 fully saturated rings. The van der Waals surface area contributed by atoms with Crippen molar-refractivity contribution < 1.29 is 28.8 Å². The molecule has 2 aromatic carbocycles. The van der Waals surface area contributed by atoms with Crippen molar-refractivity contribution in [3.63, 3.8) is 0 Å². The molecule has 0 aliphatic carbocycles. The zero-order valence-corrected chi connectivity index (χ0v) is 15.1. The van der Waals surface area contributed by atoms with Crippen LogP contribution in [-0.2, 0) is 30.3 Å². The van der Waals surface area contributed by atoms with E-state index in [9.17, 15) is 5.11 Å². The van der Waals surface area contributed by atoms with Crippen molar-refractivity contribution in [2.24, 2.45) is 0 Å². The quantitative estimate of drug-likeness (QED) is 0.870. The minimum atomic E-state index is -0.896. The average Bonchev–Trinajstić information content (AvgIpc) is 2.74. The Balaban J connectivity index is 1.46. The minimum Gasteiger partial charge on any atom is -0.387 e. The second kappa shape index (κ2) is 8.48. The highest BCUT2D eigenvalue weighted by Gasteiger charge is 2.50. The van der Waals surface area contributed by atoms with Crippen molar-refractivity contribution in [3.8, 4) is 0 Å². The Kier molecular flexibility index (Phi) is 5.83. The number of aliphatic hydroxyl groups is 1. The van der Waals surface area contributed by atoms with Crippen molar-refractivity contribution in [1.29, 1.82) is 0 Å². The lowest BCUT2D eigenvalue weighted by Gasteiger charge is -2.47. The van der Waals surface area contributed by atoms with E-state index in [2.05, 4.69) is 0 Å². The Morgan fingerprint density at radius 2 is 1.70 bits per heavy atom. The molecule has 0 saturated carbocycles. The summed E-state index contributed by atoms with van der Waals surface area (Å²) in [6.45, 7) is 0.661. The molecule has 144 valence electrons. The van der Waals surface area contributed by atoms with Crippen molar-refractivity contribution in [2.45, 2.75) is 43.6 Å². The highest BCUT2D eigenvalue weighted by Crippen LogP contribution is 2.35. The number of hydrogen-bond acceptors (Lipinski definition) is 6. The van der Waals surface area contributed by atoms with Crippen LogP contribution >= 0.6 is 0 Å². The first kappa shape index (κ1) is 18.6. The Morgan fingerprint density at radius 1 is 1.00 bits per heavy atom. The van der Waals surface area contributed by atoms with Crippen molar-refractivity contribution in [3.05, 3.63) is 71.8 Å². The minimum absolute atomic E-state index is 0.312. The molecule has 0 amide bonds. The normalized spacial score (nSPS) is 33.4. The van der Waals surface area contributed by atoms with E-state index < -0.39 is 37.0 Å². The monoisotopic (exact) mass is 372 g/mol. The molecule has 2 aliphatic rings. The van der Waals surface area contributed by atoms with Gasteiger partial charge in [-0.2, -0.15) is 0 Å². The van der Waals surface area contributed by atoms with Gasteiger partial charge in [-0.1, -0.05) is 60.7 Å². The summed E-state index contributed by atoms with van der Waals surface area (Å²) in [5, 5.41) is 10.9. The van der Waals surface area contributed by atoms with E-state index in [0.717, 1.165) is 11.1 Å². The number of rotatable bonds is 5. The Labute approximate surface area is 158 Å². The second-order valence-corrected chi connectivity index (χ2v) is 6.71. The van der Waals surface area contributed by atoms with Crippen LogP contribution in [0.4, 0.5) is 0 Å². The fourth-order valence-corrected chi connectivity index (χ4v) is 3.48. The van der Waals surface area contributed by atoms with Gasteiger partial charge in [0.2, 0.25) is 0 Å². The number of ether oxygens (including phenoxy) is 5. The molecule has 4 rings (SSSR count). The molecule has 2 heterocycles. The van der Waals surface area contributed by atoms with E-state index >= 15 is 0 Å². The predicted octanol–water partition coefficient (Wildman–Crippen LogP) is 2.42. The number of methoxy groups -OCH3 is 1. The summed E-state index contributed by atoms with van der Waals surface area (Å²) >= 11 is 0. The SMILES string of the molecule is CO[C@H]1O[C@@H]2CO[C@@H](c3ccccc3)O[C@@H]2[C@H](O)[C@H]1OCc1ccccc1. The lowest BCUT2D eigenvalue weighted by molar-refractivity contribution is -0.363. The zero-order valence-electron chi connectivity index (χ0n) is 15.1. The van der Waals surface area contributed by atoms with E-state index in [1.807, 2.05) is 60.7 Å². The summed E-state index contributed by atoms with van der Waals surface area (Å²) in [4.78, 5) is 0. The molecule has 6 heteroatoms. The number of hydrogen-bond donors (Lipinski definition) is 1. The van der Waals surface area contributed by atoms with Gasteiger partial charge in [-0.15, -0.1) is 0 Å². The first-order chi connectivity index (χ1) is 13.3. The maximum absolute atomic E-state index is 10.9. The summed E-state index contributed by atoms with van der Waals surface area (Å²) in [5.41, 5.74) is 1.91. The third-order valence-corrected chi connectivity index (χ3v) is 4.90. The summed E-state index contributed by atoms with van der Waals surface area (Å²) in [5.74, 6) is 0. The predicted molar refractivity (Wildman–Crippen MR) is 96.7 cm³/mol. The van der Waals surface area contributed by atoms with Gasteiger partial charge in [0, 0.05) is 12.7 Å². The molecule has 2 aromatic rings. The molecular weight excluding hydrogens is 348 g/mol. The Hall–Kier alpha value is -1.80. The van der Waals surface area contributed by atoms with Gasteiger partial charge < -0.3 is 28.8 Å². The largest absolute Gasteiger partial charge is 0.387 e. The van der Waals surface area contributed by atoms with Crippen LogP contribution in [0.5, 0.6) is 0 Å². The fourth-order valence-electron chi connectivity index (χ4n) is 3.48. The highest BCUT2D eigenvalue weighted by atomic mass is 16.8. The molecular formula is C21H24O6. The standard InChI is InChI=1S/C21H24O6/c1-23-21-19(24-12-14-8-4-2-5-9-14)17(22)18-16(26-21)13-25-20(27-18)15-10-6-3-7-11-15/h2-11,16-22H,12-13H2,1H3/t16-,17+,18+,19-,20-,21+/m1/s1. The van der Waals surface area contributed by atoms with Gasteiger partial charge in [-0.05, 0) is 5.56 Å². The second-order valence-electron chi connectivity index (χ2n) is 6.71. The zero-order chi connectivity index (χ0) is 18.6. The van der Waals surface area contributed by atoms with Crippen LogP contribution in [0.1, 0.15) is 17.4 Å². The number of fused-ring (bicyclic) bond motifs is 1. The molecule has 0 spiro atoms. The van der Waals surface area contributed by atoms with Crippen LogP contribution < -0.4 is 0 Å². The topological polar surface area (TPSA) is 66.4 Å². The van der Waals surface area contributed by atoms with Crippen LogP contribution in [0.3, 0.4) is 0 Å². The molecule has 0 unspecified atom stereocenters. The van der Waals surface area contributed by atoms with Crippen molar-refractivity contribution in [1.82, 2.24) is 0 Å². The van der Waals surface area contributed by atoms with Crippen LogP contribution in [0, 0.1) is 0 Å². The average molecular weight is 372 g/mol. The van der Waals surface area contributed by atoms with Gasteiger partial charge in [-0.25, -0.2) is 0 Å². The van der Waals surface area contributed by atoms with Gasteiger partial charge in [0.1, 0.15) is 24.4 Å². The third-order valence-electron chi connectivity index (χ3n) is 4.90. The first-order valence-electron chi connectivity index (χ1n) is 9.10. The van der Waals surface area contributed by atoms with Gasteiger partial charge in [0.25, 0.3) is 0 Å². The maximum Gasteiger partial charge on any atom is 0.186 e. The van der Waals surface area contributed by atoms with Crippen LogP contribution in [0.15, 0.2) is 60.7 Å². The summed E-state index contributed by atoms with van der Waals surface area (Å²) < 4.78 is 29.1.